The lowest BCUT2D eigenvalue weighted by Crippen LogP contribution is -2.49. The summed E-state index contributed by atoms with van der Waals surface area (Å²) in [5.41, 5.74) is 0.0106. The van der Waals surface area contributed by atoms with E-state index in [1.165, 1.54) is 4.90 Å². The third-order valence-corrected chi connectivity index (χ3v) is 6.34. The zero-order chi connectivity index (χ0) is 19.0. The van der Waals surface area contributed by atoms with Gasteiger partial charge in [-0.05, 0) is 59.7 Å². The van der Waals surface area contributed by atoms with Crippen LogP contribution in [0.4, 0.5) is 4.79 Å². The lowest BCUT2D eigenvalue weighted by atomic mass is 9.75. The highest BCUT2D eigenvalue weighted by Crippen LogP contribution is 2.38. The molecule has 2 aliphatic rings. The highest BCUT2D eigenvalue weighted by atomic mass is 79.9. The molecule has 1 aromatic heterocycles. The number of benzene rings is 1. The molecule has 1 N–H and O–H groups in total. The lowest BCUT2D eigenvalue weighted by molar-refractivity contribution is -0.133. The van der Waals surface area contributed by atoms with Gasteiger partial charge in [0.1, 0.15) is 12.1 Å². The van der Waals surface area contributed by atoms with E-state index in [-0.39, 0.29) is 24.4 Å². The second-order valence-corrected chi connectivity index (χ2v) is 8.09. The summed E-state index contributed by atoms with van der Waals surface area (Å²) in [5, 5.41) is 11.0. The van der Waals surface area contributed by atoms with E-state index in [0.29, 0.717) is 24.7 Å². The Bertz CT molecular complexity index is 873. The summed E-state index contributed by atoms with van der Waals surface area (Å²) in [7, 11) is 0. The summed E-state index contributed by atoms with van der Waals surface area (Å²) in [5.74, 6) is 1.05. The Balaban J connectivity index is 1.50. The average Bonchev–Trinajstić information content (AvgIpc) is 3.22. The van der Waals surface area contributed by atoms with Gasteiger partial charge in [0.05, 0.1) is 5.56 Å². The number of rotatable bonds is 4. The van der Waals surface area contributed by atoms with E-state index in [9.17, 15) is 9.59 Å². The van der Waals surface area contributed by atoms with Gasteiger partial charge in [0.2, 0.25) is 11.8 Å². The van der Waals surface area contributed by atoms with E-state index in [1.54, 1.807) is 0 Å². The molecule has 0 bridgehead atoms. The second kappa shape index (κ2) is 7.07. The maximum Gasteiger partial charge on any atom is 0.325 e. The summed E-state index contributed by atoms with van der Waals surface area (Å²) in [6.45, 7) is 2.16. The maximum atomic E-state index is 13.0. The van der Waals surface area contributed by atoms with Gasteiger partial charge in [0.15, 0.2) is 0 Å². The molecule has 8 heteroatoms. The zero-order valence-electron chi connectivity index (χ0n) is 15.1. The molecule has 142 valence electrons. The van der Waals surface area contributed by atoms with Crippen LogP contribution in [0.15, 0.2) is 33.2 Å². The number of hydrogen-bond acceptors (Lipinski definition) is 5. The third-order valence-electron chi connectivity index (χ3n) is 5.65. The van der Waals surface area contributed by atoms with Gasteiger partial charge in [0, 0.05) is 4.47 Å². The van der Waals surface area contributed by atoms with Crippen LogP contribution in [0.1, 0.15) is 44.9 Å². The molecule has 2 aromatic rings. The Labute approximate surface area is 165 Å². The molecule has 0 atom stereocenters. The molecular formula is C19H21BrN4O3. The number of amides is 3. The van der Waals surface area contributed by atoms with Crippen molar-refractivity contribution in [2.45, 2.75) is 51.1 Å². The van der Waals surface area contributed by atoms with Gasteiger partial charge in [-0.15, -0.1) is 10.2 Å². The first-order chi connectivity index (χ1) is 13.0. The quantitative estimate of drug-likeness (QED) is 0.740. The number of halogens is 1. The molecule has 2 fully saturated rings. The summed E-state index contributed by atoms with van der Waals surface area (Å²) in [4.78, 5) is 26.6. The summed E-state index contributed by atoms with van der Waals surface area (Å²) in [6.07, 6.45) is 4.42. The normalized spacial score (nSPS) is 25.3. The van der Waals surface area contributed by atoms with Crippen molar-refractivity contribution in [1.82, 2.24) is 20.4 Å². The van der Waals surface area contributed by atoms with Crippen LogP contribution < -0.4 is 5.32 Å². The van der Waals surface area contributed by atoms with Crippen LogP contribution in [-0.2, 0) is 11.3 Å². The first-order valence-electron chi connectivity index (χ1n) is 9.24. The topological polar surface area (TPSA) is 88.3 Å². The van der Waals surface area contributed by atoms with Crippen LogP contribution in [0, 0.1) is 5.92 Å². The fourth-order valence-corrected chi connectivity index (χ4v) is 4.39. The first-order valence-corrected chi connectivity index (χ1v) is 10.0. The molecule has 1 saturated carbocycles. The Kier molecular flexibility index (Phi) is 4.75. The Hall–Kier alpha value is -2.22. The van der Waals surface area contributed by atoms with Crippen molar-refractivity contribution in [3.8, 4) is 11.5 Å². The number of carbonyl (C=O) groups excluding carboxylic acids is 2. The van der Waals surface area contributed by atoms with E-state index < -0.39 is 5.54 Å². The van der Waals surface area contributed by atoms with E-state index in [2.05, 4.69) is 38.4 Å². The molecule has 0 unspecified atom stereocenters. The van der Waals surface area contributed by atoms with Crippen LogP contribution in [0.25, 0.3) is 11.5 Å². The van der Waals surface area contributed by atoms with Gasteiger partial charge in [-0.3, -0.25) is 9.69 Å². The van der Waals surface area contributed by atoms with Gasteiger partial charge in [-0.1, -0.05) is 25.5 Å². The van der Waals surface area contributed by atoms with Gasteiger partial charge < -0.3 is 9.73 Å². The first kappa shape index (κ1) is 18.2. The summed E-state index contributed by atoms with van der Waals surface area (Å²) < 4.78 is 6.53. The highest BCUT2D eigenvalue weighted by Gasteiger charge is 2.52. The van der Waals surface area contributed by atoms with Crippen LogP contribution >= 0.6 is 15.9 Å². The number of carbonyl (C=O) groups is 2. The molecule has 3 amide bonds. The van der Waals surface area contributed by atoms with Gasteiger partial charge in [-0.25, -0.2) is 4.79 Å². The number of urea groups is 1. The molecule has 1 aromatic carbocycles. The molecule has 7 nitrogen and oxygen atoms in total. The minimum absolute atomic E-state index is 0.0128. The van der Waals surface area contributed by atoms with Gasteiger partial charge in [0.25, 0.3) is 5.91 Å². The van der Waals surface area contributed by atoms with Crippen molar-refractivity contribution in [2.24, 2.45) is 5.92 Å². The Morgan fingerprint density at radius 3 is 2.70 bits per heavy atom. The van der Waals surface area contributed by atoms with Crippen molar-refractivity contribution in [2.75, 3.05) is 0 Å². The van der Waals surface area contributed by atoms with Crippen molar-refractivity contribution < 1.29 is 14.0 Å². The second-order valence-electron chi connectivity index (χ2n) is 7.24. The average molecular weight is 433 g/mol. The molecule has 0 radical (unpaired) electrons. The standard InChI is InChI=1S/C19H21BrN4O3/c1-2-12-7-9-19(10-8-12)17(25)24(18(26)21-19)11-15-22-23-16(27-15)13-5-3-4-6-14(13)20/h3-6,12H,2,7-11H2,1H3,(H,21,26). The minimum atomic E-state index is -0.756. The van der Waals surface area contributed by atoms with E-state index in [1.807, 2.05) is 24.3 Å². The molecule has 27 heavy (non-hydrogen) atoms. The predicted octanol–water partition coefficient (Wildman–Crippen LogP) is 3.89. The smallest absolute Gasteiger partial charge is 0.325 e. The van der Waals surface area contributed by atoms with Crippen molar-refractivity contribution in [3.63, 3.8) is 0 Å². The number of aromatic nitrogens is 2. The fraction of sp³-hybridized carbons (Fsp3) is 0.474. The maximum absolute atomic E-state index is 13.0. The lowest BCUT2D eigenvalue weighted by Gasteiger charge is -2.34. The molecule has 1 aliphatic carbocycles. The predicted molar refractivity (Wildman–Crippen MR) is 101 cm³/mol. The Morgan fingerprint density at radius 2 is 2.00 bits per heavy atom. The van der Waals surface area contributed by atoms with Crippen LogP contribution in [0.3, 0.4) is 0 Å². The molecular weight excluding hydrogens is 412 g/mol. The van der Waals surface area contributed by atoms with Crippen LogP contribution in [-0.4, -0.2) is 32.6 Å². The van der Waals surface area contributed by atoms with Crippen molar-refractivity contribution in [1.29, 1.82) is 0 Å². The highest BCUT2D eigenvalue weighted by molar-refractivity contribution is 9.10. The largest absolute Gasteiger partial charge is 0.419 e. The molecule has 4 rings (SSSR count). The molecule has 1 spiro atoms. The van der Waals surface area contributed by atoms with Gasteiger partial charge >= 0.3 is 6.03 Å². The van der Waals surface area contributed by atoms with E-state index in [4.69, 9.17) is 4.42 Å². The fourth-order valence-electron chi connectivity index (χ4n) is 3.93. The number of imide groups is 1. The minimum Gasteiger partial charge on any atom is -0.419 e. The van der Waals surface area contributed by atoms with Crippen molar-refractivity contribution in [3.05, 3.63) is 34.6 Å². The Morgan fingerprint density at radius 1 is 1.26 bits per heavy atom. The van der Waals surface area contributed by atoms with Crippen LogP contribution in [0.5, 0.6) is 0 Å². The van der Waals surface area contributed by atoms with E-state index in [0.717, 1.165) is 29.3 Å². The SMILES string of the molecule is CCC1CCC2(CC1)NC(=O)N(Cc1nnc(-c3ccccc3Br)o1)C2=O. The number of hydrogen-bond donors (Lipinski definition) is 1. The zero-order valence-corrected chi connectivity index (χ0v) is 16.7. The third kappa shape index (κ3) is 3.26. The van der Waals surface area contributed by atoms with Crippen LogP contribution in [0.2, 0.25) is 0 Å². The molecule has 1 aliphatic heterocycles. The number of nitrogens with zero attached hydrogens (tertiary/aromatic N) is 3. The van der Waals surface area contributed by atoms with Crippen molar-refractivity contribution >= 4 is 27.9 Å². The monoisotopic (exact) mass is 432 g/mol. The van der Waals surface area contributed by atoms with E-state index >= 15 is 0 Å². The summed E-state index contributed by atoms with van der Waals surface area (Å²) in [6, 6.07) is 7.13. The summed E-state index contributed by atoms with van der Waals surface area (Å²) >= 11 is 3.45. The van der Waals surface area contributed by atoms with Gasteiger partial charge in [-0.2, -0.15) is 0 Å². The molecule has 1 saturated heterocycles. The number of nitrogens with one attached hydrogen (secondary N) is 1. The molecule has 2 heterocycles.